The molecule has 84 valence electrons. The van der Waals surface area contributed by atoms with Gasteiger partial charge in [0.15, 0.2) is 0 Å². The summed E-state index contributed by atoms with van der Waals surface area (Å²) < 4.78 is 30.6. The van der Waals surface area contributed by atoms with Gasteiger partial charge in [-0.15, -0.1) is 11.6 Å². The Hall–Kier alpha value is 0.160. The van der Waals surface area contributed by atoms with Gasteiger partial charge in [0.05, 0.1) is 11.9 Å². The highest BCUT2D eigenvalue weighted by atomic mass is 35.5. The van der Waals surface area contributed by atoms with Crippen molar-refractivity contribution >= 4 is 21.6 Å². The maximum absolute atomic E-state index is 11.5. The van der Waals surface area contributed by atoms with E-state index in [4.69, 9.17) is 16.3 Å². The lowest BCUT2D eigenvalue weighted by Gasteiger charge is -2.16. The van der Waals surface area contributed by atoms with Crippen molar-refractivity contribution in [1.82, 2.24) is 4.72 Å². The monoisotopic (exact) mass is 241 g/mol. The zero-order valence-electron chi connectivity index (χ0n) is 8.20. The zero-order chi connectivity index (χ0) is 10.6. The highest BCUT2D eigenvalue weighted by molar-refractivity contribution is 7.90. The second-order valence-electron chi connectivity index (χ2n) is 3.49. The lowest BCUT2D eigenvalue weighted by molar-refractivity contribution is 0.173. The van der Waals surface area contributed by atoms with Crippen LogP contribution in [-0.4, -0.2) is 39.3 Å². The van der Waals surface area contributed by atoms with E-state index in [0.717, 1.165) is 12.8 Å². The van der Waals surface area contributed by atoms with Gasteiger partial charge in [0.25, 0.3) is 0 Å². The van der Waals surface area contributed by atoms with E-state index in [1.54, 1.807) is 7.11 Å². The van der Waals surface area contributed by atoms with Gasteiger partial charge in [-0.25, -0.2) is 13.1 Å². The highest BCUT2D eigenvalue weighted by Gasteiger charge is 2.36. The second-order valence-corrected chi connectivity index (χ2v) is 5.86. The largest absolute Gasteiger partial charge is 0.383 e. The fourth-order valence-corrected chi connectivity index (χ4v) is 3.08. The Morgan fingerprint density at radius 1 is 1.57 bits per heavy atom. The Morgan fingerprint density at radius 2 is 2.21 bits per heavy atom. The van der Waals surface area contributed by atoms with E-state index in [0.29, 0.717) is 18.9 Å². The van der Waals surface area contributed by atoms with Crippen LogP contribution in [0.25, 0.3) is 0 Å². The average molecular weight is 242 g/mol. The first-order valence-corrected chi connectivity index (χ1v) is 6.74. The molecular weight excluding hydrogens is 226 g/mol. The molecule has 1 fully saturated rings. The van der Waals surface area contributed by atoms with Gasteiger partial charge in [-0.2, -0.15) is 0 Å². The van der Waals surface area contributed by atoms with Gasteiger partial charge in [-0.3, -0.25) is 0 Å². The van der Waals surface area contributed by atoms with E-state index in [9.17, 15) is 8.42 Å². The highest BCUT2D eigenvalue weighted by Crippen LogP contribution is 2.27. The summed E-state index contributed by atoms with van der Waals surface area (Å²) in [7, 11) is -1.57. The fourth-order valence-electron chi connectivity index (χ4n) is 1.22. The predicted molar refractivity (Wildman–Crippen MR) is 56.1 cm³/mol. The molecule has 0 spiro atoms. The van der Waals surface area contributed by atoms with E-state index in [-0.39, 0.29) is 11.3 Å². The minimum Gasteiger partial charge on any atom is -0.383 e. The molecule has 1 atom stereocenters. The van der Waals surface area contributed by atoms with Crippen LogP contribution < -0.4 is 4.72 Å². The molecule has 0 bridgehead atoms. The minimum absolute atomic E-state index is 0.183. The molecule has 1 aliphatic carbocycles. The summed E-state index contributed by atoms with van der Waals surface area (Å²) in [6.07, 6.45) is 2.15. The van der Waals surface area contributed by atoms with E-state index in [1.165, 1.54) is 0 Å². The van der Waals surface area contributed by atoms with Gasteiger partial charge < -0.3 is 4.74 Å². The zero-order valence-corrected chi connectivity index (χ0v) is 9.77. The number of halogens is 1. The van der Waals surface area contributed by atoms with Crippen molar-refractivity contribution in [1.29, 1.82) is 0 Å². The van der Waals surface area contributed by atoms with Gasteiger partial charge in [-0.05, 0) is 19.3 Å². The van der Waals surface area contributed by atoms with Gasteiger partial charge >= 0.3 is 0 Å². The molecule has 1 saturated carbocycles. The Kier molecular flexibility index (Phi) is 4.63. The van der Waals surface area contributed by atoms with E-state index >= 15 is 0 Å². The topological polar surface area (TPSA) is 55.4 Å². The summed E-state index contributed by atoms with van der Waals surface area (Å²) in [6.45, 7) is 0.374. The molecule has 0 radical (unpaired) electrons. The van der Waals surface area contributed by atoms with E-state index in [1.807, 2.05) is 0 Å². The quantitative estimate of drug-likeness (QED) is 0.668. The van der Waals surface area contributed by atoms with Crippen molar-refractivity contribution < 1.29 is 13.2 Å². The second kappa shape index (κ2) is 5.30. The van der Waals surface area contributed by atoms with Gasteiger partial charge in [-0.1, -0.05) is 0 Å². The lowest BCUT2D eigenvalue weighted by Crippen LogP contribution is -2.40. The number of rotatable bonds is 7. The third-order valence-electron chi connectivity index (χ3n) is 2.12. The normalized spacial score (nSPS) is 19.6. The summed E-state index contributed by atoms with van der Waals surface area (Å²) in [5.41, 5.74) is 0. The van der Waals surface area contributed by atoms with E-state index in [2.05, 4.69) is 4.72 Å². The van der Waals surface area contributed by atoms with Crippen LogP contribution in [0, 0.1) is 0 Å². The number of hydrogen-bond acceptors (Lipinski definition) is 3. The molecule has 4 nitrogen and oxygen atoms in total. The molecule has 0 aromatic rings. The van der Waals surface area contributed by atoms with Crippen LogP contribution in [0.3, 0.4) is 0 Å². The standard InChI is InChI=1S/C8H16ClNO3S/c1-13-6-7(4-5-9)10-14(11,12)8-2-3-8/h7-8,10H,2-6H2,1H3. The summed E-state index contributed by atoms with van der Waals surface area (Å²) in [5, 5.41) is -0.183. The Balaban J connectivity index is 2.44. The number of methoxy groups -OCH3 is 1. The molecule has 0 aromatic heterocycles. The first-order valence-electron chi connectivity index (χ1n) is 4.66. The lowest BCUT2D eigenvalue weighted by atomic mass is 10.3. The van der Waals surface area contributed by atoms with Crippen LogP contribution in [0.1, 0.15) is 19.3 Å². The number of alkyl halides is 1. The van der Waals surface area contributed by atoms with Crippen LogP contribution in [0.5, 0.6) is 0 Å². The van der Waals surface area contributed by atoms with Crippen molar-refractivity contribution in [2.24, 2.45) is 0 Å². The summed E-state index contributed by atoms with van der Waals surface area (Å²) in [5.74, 6) is 0.432. The SMILES string of the molecule is COCC(CCCl)NS(=O)(=O)C1CC1. The third-order valence-corrected chi connectivity index (χ3v) is 4.35. The van der Waals surface area contributed by atoms with Crippen LogP contribution in [0.2, 0.25) is 0 Å². The van der Waals surface area contributed by atoms with Gasteiger partial charge in [0.1, 0.15) is 0 Å². The summed E-state index contributed by atoms with van der Waals surface area (Å²) in [6, 6.07) is -0.192. The van der Waals surface area contributed by atoms with Crippen molar-refractivity contribution in [2.75, 3.05) is 19.6 Å². The van der Waals surface area contributed by atoms with Crippen molar-refractivity contribution in [3.8, 4) is 0 Å². The smallest absolute Gasteiger partial charge is 0.214 e. The number of hydrogen-bond donors (Lipinski definition) is 1. The molecule has 0 heterocycles. The molecule has 0 aliphatic heterocycles. The third kappa shape index (κ3) is 3.73. The average Bonchev–Trinajstić information content (AvgIpc) is 2.86. The van der Waals surface area contributed by atoms with Crippen LogP contribution in [0.15, 0.2) is 0 Å². The maximum atomic E-state index is 11.5. The van der Waals surface area contributed by atoms with E-state index < -0.39 is 10.0 Å². The summed E-state index contributed by atoms with van der Waals surface area (Å²) in [4.78, 5) is 0. The molecule has 6 heteroatoms. The maximum Gasteiger partial charge on any atom is 0.214 e. The Morgan fingerprint density at radius 3 is 2.64 bits per heavy atom. The molecule has 14 heavy (non-hydrogen) atoms. The van der Waals surface area contributed by atoms with Crippen LogP contribution >= 0.6 is 11.6 Å². The van der Waals surface area contributed by atoms with Gasteiger partial charge in [0.2, 0.25) is 10.0 Å². The predicted octanol–water partition coefficient (Wildman–Crippen LogP) is 0.712. The van der Waals surface area contributed by atoms with Crippen molar-refractivity contribution in [3.05, 3.63) is 0 Å². The van der Waals surface area contributed by atoms with Crippen LogP contribution in [-0.2, 0) is 14.8 Å². The molecule has 1 unspecified atom stereocenters. The van der Waals surface area contributed by atoms with Gasteiger partial charge in [0, 0.05) is 19.0 Å². The van der Waals surface area contributed by atoms with Crippen molar-refractivity contribution in [3.63, 3.8) is 0 Å². The molecule has 0 aromatic carbocycles. The number of ether oxygens (including phenoxy) is 1. The molecule has 1 rings (SSSR count). The Bertz CT molecular complexity index is 258. The van der Waals surface area contributed by atoms with Crippen LogP contribution in [0.4, 0.5) is 0 Å². The number of nitrogens with one attached hydrogen (secondary N) is 1. The molecule has 1 N–H and O–H groups in total. The molecule has 0 saturated heterocycles. The molecular formula is C8H16ClNO3S. The summed E-state index contributed by atoms with van der Waals surface area (Å²) >= 11 is 5.57. The number of sulfonamides is 1. The fraction of sp³-hybridized carbons (Fsp3) is 1.00. The minimum atomic E-state index is -3.12. The first-order chi connectivity index (χ1) is 6.60. The van der Waals surface area contributed by atoms with Crippen molar-refractivity contribution in [2.45, 2.75) is 30.6 Å². The molecule has 0 amide bonds. The molecule has 1 aliphatic rings. The Labute approximate surface area is 90.0 Å². The first kappa shape index (κ1) is 12.2.